The Bertz CT molecular complexity index is 571. The number of thiocarbonyl (C=S) groups is 1. The van der Waals surface area contributed by atoms with Crippen molar-refractivity contribution in [3.8, 4) is 10.7 Å². The van der Waals surface area contributed by atoms with E-state index in [1.165, 1.54) is 0 Å². The van der Waals surface area contributed by atoms with Gasteiger partial charge in [-0.05, 0) is 41.7 Å². The number of tetrazole rings is 1. The molecule has 1 saturated heterocycles. The summed E-state index contributed by atoms with van der Waals surface area (Å²) in [6, 6.07) is 4.32. The van der Waals surface area contributed by atoms with Crippen LogP contribution in [0.5, 0.6) is 0 Å². The predicted octanol–water partition coefficient (Wildman–Crippen LogP) is 1.54. The van der Waals surface area contributed by atoms with Gasteiger partial charge in [0.1, 0.15) is 0 Å². The van der Waals surface area contributed by atoms with Gasteiger partial charge in [-0.25, -0.2) is 0 Å². The molecule has 3 heterocycles. The smallest absolute Gasteiger partial charge is 0.214 e. The molecule has 2 aromatic rings. The van der Waals surface area contributed by atoms with Crippen molar-refractivity contribution >= 4 is 28.7 Å². The third-order valence-electron chi connectivity index (χ3n) is 3.46. The van der Waals surface area contributed by atoms with E-state index in [2.05, 4.69) is 25.6 Å². The van der Waals surface area contributed by atoms with Gasteiger partial charge in [-0.15, -0.1) is 21.5 Å². The summed E-state index contributed by atoms with van der Waals surface area (Å²) in [7, 11) is 1.86. The lowest BCUT2D eigenvalue weighted by Crippen LogP contribution is -2.43. The minimum Gasteiger partial charge on any atom is -0.366 e. The summed E-state index contributed by atoms with van der Waals surface area (Å²) in [6.45, 7) is 1.86. The lowest BCUT2D eigenvalue weighted by atomic mass is 10.1. The summed E-state index contributed by atoms with van der Waals surface area (Å²) < 4.78 is 0. The van der Waals surface area contributed by atoms with Crippen LogP contribution >= 0.6 is 23.6 Å². The zero-order valence-electron chi connectivity index (χ0n) is 11.2. The maximum Gasteiger partial charge on any atom is 0.214 e. The fourth-order valence-electron chi connectivity index (χ4n) is 2.34. The molecular formula is C12H16N6S2. The fourth-order valence-corrected chi connectivity index (χ4v) is 3.17. The SMILES string of the molecule is CNC(=S)N1CCC(n2nnc(-c3cccs3)n2)CC1. The van der Waals surface area contributed by atoms with E-state index < -0.39 is 0 Å². The van der Waals surface area contributed by atoms with Gasteiger partial charge >= 0.3 is 0 Å². The predicted molar refractivity (Wildman–Crippen MR) is 82.6 cm³/mol. The minimum absolute atomic E-state index is 0.312. The van der Waals surface area contributed by atoms with Crippen molar-refractivity contribution in [3.05, 3.63) is 17.5 Å². The third kappa shape index (κ3) is 2.66. The van der Waals surface area contributed by atoms with E-state index >= 15 is 0 Å². The van der Waals surface area contributed by atoms with Crippen molar-refractivity contribution in [2.75, 3.05) is 20.1 Å². The number of piperidine rings is 1. The van der Waals surface area contributed by atoms with Crippen LogP contribution in [0.1, 0.15) is 18.9 Å². The number of rotatable bonds is 2. The number of aromatic nitrogens is 4. The zero-order chi connectivity index (χ0) is 13.9. The molecule has 0 radical (unpaired) electrons. The highest BCUT2D eigenvalue weighted by atomic mass is 32.1. The van der Waals surface area contributed by atoms with E-state index in [0.29, 0.717) is 11.9 Å². The molecule has 0 bridgehead atoms. The van der Waals surface area contributed by atoms with Gasteiger partial charge in [0, 0.05) is 20.1 Å². The van der Waals surface area contributed by atoms with E-state index in [0.717, 1.165) is 35.9 Å². The van der Waals surface area contributed by atoms with Crippen molar-refractivity contribution in [1.29, 1.82) is 0 Å². The molecule has 6 nitrogen and oxygen atoms in total. The highest BCUT2D eigenvalue weighted by Gasteiger charge is 2.23. The molecular weight excluding hydrogens is 292 g/mol. The van der Waals surface area contributed by atoms with Gasteiger partial charge in [-0.3, -0.25) is 0 Å². The number of hydrogen-bond donors (Lipinski definition) is 1. The van der Waals surface area contributed by atoms with Crippen LogP contribution in [0.25, 0.3) is 10.7 Å². The molecule has 0 unspecified atom stereocenters. The molecule has 0 spiro atoms. The van der Waals surface area contributed by atoms with Crippen molar-refractivity contribution in [2.24, 2.45) is 0 Å². The molecule has 106 valence electrons. The van der Waals surface area contributed by atoms with Gasteiger partial charge in [-0.1, -0.05) is 6.07 Å². The zero-order valence-corrected chi connectivity index (χ0v) is 12.8. The van der Waals surface area contributed by atoms with Crippen LogP contribution in [0.4, 0.5) is 0 Å². The van der Waals surface area contributed by atoms with E-state index in [1.54, 1.807) is 16.1 Å². The Kier molecular flexibility index (Phi) is 3.93. The summed E-state index contributed by atoms with van der Waals surface area (Å²) >= 11 is 6.89. The minimum atomic E-state index is 0.312. The molecule has 20 heavy (non-hydrogen) atoms. The fraction of sp³-hybridized carbons (Fsp3) is 0.500. The van der Waals surface area contributed by atoms with Gasteiger partial charge < -0.3 is 10.2 Å². The van der Waals surface area contributed by atoms with Gasteiger partial charge in [0.2, 0.25) is 5.82 Å². The Morgan fingerprint density at radius 1 is 1.45 bits per heavy atom. The van der Waals surface area contributed by atoms with Crippen molar-refractivity contribution < 1.29 is 0 Å². The van der Waals surface area contributed by atoms with Crippen LogP contribution in [0, 0.1) is 0 Å². The van der Waals surface area contributed by atoms with Gasteiger partial charge in [0.25, 0.3) is 0 Å². The highest BCUT2D eigenvalue weighted by Crippen LogP contribution is 2.24. The highest BCUT2D eigenvalue weighted by molar-refractivity contribution is 7.80. The van der Waals surface area contributed by atoms with Gasteiger partial charge in [0.05, 0.1) is 10.9 Å². The second-order valence-corrected chi connectivity index (χ2v) is 6.02. The van der Waals surface area contributed by atoms with E-state index in [1.807, 2.05) is 24.6 Å². The second kappa shape index (κ2) is 5.84. The van der Waals surface area contributed by atoms with Crippen molar-refractivity contribution in [3.63, 3.8) is 0 Å². The number of hydrogen-bond acceptors (Lipinski definition) is 5. The molecule has 0 saturated carbocycles. The maximum atomic E-state index is 5.25. The quantitative estimate of drug-likeness (QED) is 0.849. The monoisotopic (exact) mass is 308 g/mol. The first-order chi connectivity index (χ1) is 9.78. The molecule has 0 amide bonds. The van der Waals surface area contributed by atoms with Crippen LogP contribution in [-0.4, -0.2) is 50.4 Å². The first kappa shape index (κ1) is 13.4. The normalized spacial score (nSPS) is 16.4. The molecule has 1 aliphatic heterocycles. The Morgan fingerprint density at radius 2 is 2.25 bits per heavy atom. The van der Waals surface area contributed by atoms with E-state index in [4.69, 9.17) is 12.2 Å². The number of nitrogens with zero attached hydrogens (tertiary/aromatic N) is 5. The summed E-state index contributed by atoms with van der Waals surface area (Å²) in [5.41, 5.74) is 0. The second-order valence-electron chi connectivity index (χ2n) is 4.68. The van der Waals surface area contributed by atoms with Crippen LogP contribution in [0.3, 0.4) is 0 Å². The Hall–Kier alpha value is -1.54. The summed E-state index contributed by atoms with van der Waals surface area (Å²) in [6.07, 6.45) is 1.98. The molecule has 0 aromatic carbocycles. The lowest BCUT2D eigenvalue weighted by molar-refractivity contribution is 0.235. The maximum absolute atomic E-state index is 5.25. The molecule has 0 atom stereocenters. The van der Waals surface area contributed by atoms with Gasteiger partial charge in [0.15, 0.2) is 5.11 Å². The molecule has 2 aromatic heterocycles. The number of nitrogens with one attached hydrogen (secondary N) is 1. The van der Waals surface area contributed by atoms with Crippen molar-refractivity contribution in [2.45, 2.75) is 18.9 Å². The average molecular weight is 308 g/mol. The summed E-state index contributed by atoms with van der Waals surface area (Å²) in [4.78, 5) is 5.00. The number of likely N-dealkylation sites (tertiary alicyclic amines) is 1. The average Bonchev–Trinajstić information content (AvgIpc) is 3.17. The Morgan fingerprint density at radius 3 is 2.90 bits per heavy atom. The molecule has 3 rings (SSSR count). The Labute approximate surface area is 126 Å². The topological polar surface area (TPSA) is 58.9 Å². The third-order valence-corrected chi connectivity index (χ3v) is 4.79. The first-order valence-electron chi connectivity index (χ1n) is 6.58. The first-order valence-corrected chi connectivity index (χ1v) is 7.87. The van der Waals surface area contributed by atoms with Crippen LogP contribution in [0.2, 0.25) is 0 Å². The van der Waals surface area contributed by atoms with E-state index in [9.17, 15) is 0 Å². The Balaban J connectivity index is 1.65. The van der Waals surface area contributed by atoms with Crippen molar-refractivity contribution in [1.82, 2.24) is 30.4 Å². The molecule has 8 heteroatoms. The molecule has 1 N–H and O–H groups in total. The van der Waals surface area contributed by atoms with Gasteiger partial charge in [-0.2, -0.15) is 4.80 Å². The summed E-state index contributed by atoms with van der Waals surface area (Å²) in [5, 5.41) is 18.7. The molecule has 1 aliphatic rings. The molecule has 1 fully saturated rings. The van der Waals surface area contributed by atoms with Crippen LogP contribution in [0.15, 0.2) is 17.5 Å². The van der Waals surface area contributed by atoms with Crippen LogP contribution < -0.4 is 5.32 Å². The van der Waals surface area contributed by atoms with E-state index in [-0.39, 0.29) is 0 Å². The molecule has 0 aliphatic carbocycles. The standard InChI is InChI=1S/C12H16N6S2/c1-13-12(19)17-6-4-9(5-7-17)18-15-11(14-16-18)10-3-2-8-20-10/h2-3,8-9H,4-7H2,1H3,(H,13,19). The van der Waals surface area contributed by atoms with Crippen LogP contribution in [-0.2, 0) is 0 Å². The number of thiophene rings is 1. The lowest BCUT2D eigenvalue weighted by Gasteiger charge is -2.32. The summed E-state index contributed by atoms with van der Waals surface area (Å²) in [5.74, 6) is 0.716. The largest absolute Gasteiger partial charge is 0.366 e.